The van der Waals surface area contributed by atoms with Gasteiger partial charge in [-0.15, -0.1) is 0 Å². The highest BCUT2D eigenvalue weighted by Crippen LogP contribution is 2.26. The maximum atomic E-state index is 9.45. The molecule has 2 aromatic rings. The number of phenolic OH excluding ortho intramolecular Hbond substituents is 2. The Balaban J connectivity index is 2.11. The second kappa shape index (κ2) is 5.76. The standard InChI is InChI=1S/C14H12Br2O2/c15-12-5-4-11(17)8-10(12)3-1-9-2-6-14(18)13(16)7-9/h2,4-8,17-18H,1,3H2. The van der Waals surface area contributed by atoms with Crippen molar-refractivity contribution in [2.75, 3.05) is 0 Å². The summed E-state index contributed by atoms with van der Waals surface area (Å²) in [6, 6.07) is 10.8. The van der Waals surface area contributed by atoms with Gasteiger partial charge in [0.05, 0.1) is 4.47 Å². The fourth-order valence-electron chi connectivity index (χ4n) is 1.74. The highest BCUT2D eigenvalue weighted by molar-refractivity contribution is 9.10. The van der Waals surface area contributed by atoms with Crippen molar-refractivity contribution in [3.8, 4) is 11.5 Å². The SMILES string of the molecule is Oc1ccc(Br)c(CCc2ccc(O)c(Br)c2)c1. The van der Waals surface area contributed by atoms with E-state index in [0.29, 0.717) is 4.47 Å². The molecule has 0 unspecified atom stereocenters. The molecular formula is C14H12Br2O2. The summed E-state index contributed by atoms with van der Waals surface area (Å²) in [4.78, 5) is 0. The minimum Gasteiger partial charge on any atom is -0.508 e. The third kappa shape index (κ3) is 3.27. The van der Waals surface area contributed by atoms with E-state index in [0.717, 1.165) is 28.4 Å². The van der Waals surface area contributed by atoms with Gasteiger partial charge in [-0.05, 0) is 70.2 Å². The lowest BCUT2D eigenvalue weighted by atomic mass is 10.0. The topological polar surface area (TPSA) is 40.5 Å². The first kappa shape index (κ1) is 13.4. The van der Waals surface area contributed by atoms with Crippen molar-refractivity contribution in [1.82, 2.24) is 0 Å². The number of hydrogen-bond donors (Lipinski definition) is 2. The summed E-state index contributed by atoms with van der Waals surface area (Å²) in [6.07, 6.45) is 1.67. The summed E-state index contributed by atoms with van der Waals surface area (Å²) < 4.78 is 1.70. The van der Waals surface area contributed by atoms with Crippen LogP contribution >= 0.6 is 31.9 Å². The van der Waals surface area contributed by atoms with Crippen LogP contribution in [0.1, 0.15) is 11.1 Å². The highest BCUT2D eigenvalue weighted by atomic mass is 79.9. The van der Waals surface area contributed by atoms with Gasteiger partial charge in [-0.25, -0.2) is 0 Å². The van der Waals surface area contributed by atoms with Gasteiger partial charge in [0, 0.05) is 4.47 Å². The molecular weight excluding hydrogens is 360 g/mol. The fourth-order valence-corrected chi connectivity index (χ4v) is 2.61. The monoisotopic (exact) mass is 370 g/mol. The second-order valence-corrected chi connectivity index (χ2v) is 5.77. The lowest BCUT2D eigenvalue weighted by Crippen LogP contribution is -1.92. The van der Waals surface area contributed by atoms with Crippen molar-refractivity contribution >= 4 is 31.9 Å². The van der Waals surface area contributed by atoms with Crippen LogP contribution < -0.4 is 0 Å². The molecule has 0 bridgehead atoms. The van der Waals surface area contributed by atoms with E-state index in [4.69, 9.17) is 0 Å². The quantitative estimate of drug-likeness (QED) is 0.838. The summed E-state index contributed by atoms with van der Waals surface area (Å²) >= 11 is 6.77. The van der Waals surface area contributed by atoms with Crippen LogP contribution in [0.25, 0.3) is 0 Å². The van der Waals surface area contributed by atoms with Gasteiger partial charge in [0.15, 0.2) is 0 Å². The van der Waals surface area contributed by atoms with Gasteiger partial charge in [0.2, 0.25) is 0 Å². The van der Waals surface area contributed by atoms with Crippen LogP contribution in [0.15, 0.2) is 45.3 Å². The Morgan fingerprint density at radius 3 is 2.33 bits per heavy atom. The van der Waals surface area contributed by atoms with E-state index in [1.54, 1.807) is 18.2 Å². The highest BCUT2D eigenvalue weighted by Gasteiger charge is 2.04. The first-order valence-electron chi connectivity index (χ1n) is 5.51. The Labute approximate surface area is 123 Å². The van der Waals surface area contributed by atoms with E-state index in [-0.39, 0.29) is 11.5 Å². The van der Waals surface area contributed by atoms with E-state index < -0.39 is 0 Å². The average Bonchev–Trinajstić information content (AvgIpc) is 2.34. The molecule has 2 nitrogen and oxygen atoms in total. The van der Waals surface area contributed by atoms with E-state index in [2.05, 4.69) is 31.9 Å². The van der Waals surface area contributed by atoms with Crippen LogP contribution in [0, 0.1) is 0 Å². The average molecular weight is 372 g/mol. The number of rotatable bonds is 3. The largest absolute Gasteiger partial charge is 0.508 e. The summed E-state index contributed by atoms with van der Waals surface area (Å²) in [7, 11) is 0. The van der Waals surface area contributed by atoms with Crippen molar-refractivity contribution in [2.45, 2.75) is 12.8 Å². The van der Waals surface area contributed by atoms with Gasteiger partial charge < -0.3 is 10.2 Å². The zero-order valence-electron chi connectivity index (χ0n) is 9.53. The first-order chi connectivity index (χ1) is 8.56. The zero-order chi connectivity index (χ0) is 13.1. The predicted molar refractivity (Wildman–Crippen MR) is 79.0 cm³/mol. The van der Waals surface area contributed by atoms with Gasteiger partial charge in [-0.3, -0.25) is 0 Å². The van der Waals surface area contributed by atoms with Gasteiger partial charge >= 0.3 is 0 Å². The first-order valence-corrected chi connectivity index (χ1v) is 7.09. The molecule has 0 heterocycles. The van der Waals surface area contributed by atoms with Crippen molar-refractivity contribution in [3.05, 3.63) is 56.5 Å². The molecule has 2 N–H and O–H groups in total. The molecule has 0 radical (unpaired) electrons. The van der Waals surface area contributed by atoms with Crippen LogP contribution in [0.5, 0.6) is 11.5 Å². The van der Waals surface area contributed by atoms with Crippen LogP contribution in [-0.4, -0.2) is 10.2 Å². The summed E-state index contributed by atoms with van der Waals surface area (Å²) in [6.45, 7) is 0. The molecule has 2 aromatic carbocycles. The maximum Gasteiger partial charge on any atom is 0.129 e. The summed E-state index contributed by atoms with van der Waals surface area (Å²) in [5, 5.41) is 18.9. The normalized spacial score (nSPS) is 10.6. The second-order valence-electron chi connectivity index (χ2n) is 4.06. The Morgan fingerprint density at radius 2 is 1.61 bits per heavy atom. The molecule has 0 spiro atoms. The van der Waals surface area contributed by atoms with Crippen molar-refractivity contribution in [2.24, 2.45) is 0 Å². The Hall–Kier alpha value is -1.00. The zero-order valence-corrected chi connectivity index (χ0v) is 12.7. The van der Waals surface area contributed by atoms with Crippen LogP contribution in [0.3, 0.4) is 0 Å². The van der Waals surface area contributed by atoms with E-state index in [1.807, 2.05) is 18.2 Å². The molecule has 4 heteroatoms. The molecule has 2 rings (SSSR count). The molecule has 0 amide bonds. The Bertz CT molecular complexity index is 568. The molecule has 0 saturated carbocycles. The van der Waals surface area contributed by atoms with Crippen LogP contribution in [0.2, 0.25) is 0 Å². The van der Waals surface area contributed by atoms with Gasteiger partial charge in [-0.2, -0.15) is 0 Å². The fraction of sp³-hybridized carbons (Fsp3) is 0.143. The Kier molecular flexibility index (Phi) is 4.30. The van der Waals surface area contributed by atoms with Gasteiger partial charge in [0.1, 0.15) is 11.5 Å². The third-order valence-corrected chi connectivity index (χ3v) is 4.13. The maximum absolute atomic E-state index is 9.45. The number of hydrogen-bond acceptors (Lipinski definition) is 2. The third-order valence-electron chi connectivity index (χ3n) is 2.72. The summed E-state index contributed by atoms with van der Waals surface area (Å²) in [5.74, 6) is 0.525. The molecule has 0 atom stereocenters. The Morgan fingerprint density at radius 1 is 0.833 bits per heavy atom. The minimum atomic E-state index is 0.247. The molecule has 18 heavy (non-hydrogen) atoms. The molecule has 0 saturated heterocycles. The molecule has 94 valence electrons. The van der Waals surface area contributed by atoms with Gasteiger partial charge in [-0.1, -0.05) is 22.0 Å². The van der Waals surface area contributed by atoms with Crippen LogP contribution in [0.4, 0.5) is 0 Å². The minimum absolute atomic E-state index is 0.247. The summed E-state index contributed by atoms with van der Waals surface area (Å²) in [5.41, 5.74) is 2.20. The number of benzene rings is 2. The molecule has 0 aromatic heterocycles. The van der Waals surface area contributed by atoms with E-state index >= 15 is 0 Å². The van der Waals surface area contributed by atoms with Crippen molar-refractivity contribution < 1.29 is 10.2 Å². The molecule has 0 aliphatic carbocycles. The molecule has 0 aliphatic rings. The lowest BCUT2D eigenvalue weighted by molar-refractivity contribution is 0.471. The number of phenols is 2. The van der Waals surface area contributed by atoms with Crippen LogP contribution in [-0.2, 0) is 12.8 Å². The van der Waals surface area contributed by atoms with E-state index in [9.17, 15) is 10.2 Å². The van der Waals surface area contributed by atoms with Crippen molar-refractivity contribution in [3.63, 3.8) is 0 Å². The number of aryl methyl sites for hydroxylation is 2. The smallest absolute Gasteiger partial charge is 0.129 e. The molecule has 0 aliphatic heterocycles. The predicted octanol–water partition coefficient (Wildman–Crippen LogP) is 4.41. The van der Waals surface area contributed by atoms with E-state index in [1.165, 1.54) is 0 Å². The van der Waals surface area contributed by atoms with Crippen molar-refractivity contribution in [1.29, 1.82) is 0 Å². The number of aromatic hydroxyl groups is 2. The number of halogens is 2. The van der Waals surface area contributed by atoms with Gasteiger partial charge in [0.25, 0.3) is 0 Å². The lowest BCUT2D eigenvalue weighted by Gasteiger charge is -2.06. The molecule has 0 fully saturated rings.